The maximum atomic E-state index is 3.77. The first kappa shape index (κ1) is 12.0. The summed E-state index contributed by atoms with van der Waals surface area (Å²) < 4.78 is 0. The van der Waals surface area contributed by atoms with Crippen LogP contribution in [0.25, 0.3) is 0 Å². The monoisotopic (exact) mass is 197 g/mol. The van der Waals surface area contributed by atoms with Gasteiger partial charge >= 0.3 is 0 Å². The van der Waals surface area contributed by atoms with Gasteiger partial charge in [0.05, 0.1) is 0 Å². The summed E-state index contributed by atoms with van der Waals surface area (Å²) in [5.74, 6) is 0. The van der Waals surface area contributed by atoms with Crippen molar-refractivity contribution in [2.45, 2.75) is 78.3 Å². The van der Waals surface area contributed by atoms with Crippen LogP contribution >= 0.6 is 0 Å². The zero-order valence-electron chi connectivity index (χ0n) is 10.8. The minimum Gasteiger partial charge on any atom is -0.307 e. The van der Waals surface area contributed by atoms with Gasteiger partial charge in [0.2, 0.25) is 0 Å². The highest BCUT2D eigenvalue weighted by atomic mass is 15.0. The van der Waals surface area contributed by atoms with Gasteiger partial charge in [-0.3, -0.25) is 0 Å². The molecule has 0 atom stereocenters. The molecule has 1 rings (SSSR count). The third-order valence-corrected chi connectivity index (χ3v) is 3.53. The van der Waals surface area contributed by atoms with E-state index in [4.69, 9.17) is 0 Å². The van der Waals surface area contributed by atoms with Crippen molar-refractivity contribution in [1.82, 2.24) is 5.32 Å². The molecule has 1 heterocycles. The Morgan fingerprint density at radius 1 is 0.643 bits per heavy atom. The molecular weight excluding hydrogens is 170 g/mol. The van der Waals surface area contributed by atoms with E-state index in [1.807, 2.05) is 0 Å². The molecule has 0 aromatic heterocycles. The van der Waals surface area contributed by atoms with E-state index >= 15 is 0 Å². The summed E-state index contributed by atoms with van der Waals surface area (Å²) in [4.78, 5) is 0. The number of nitrogens with one attached hydrogen (secondary N) is 1. The Morgan fingerprint density at radius 2 is 1.00 bits per heavy atom. The van der Waals surface area contributed by atoms with E-state index in [0.717, 1.165) is 0 Å². The van der Waals surface area contributed by atoms with Gasteiger partial charge in [-0.25, -0.2) is 0 Å². The third kappa shape index (κ3) is 3.61. The molecule has 1 heteroatoms. The Hall–Kier alpha value is -0.0400. The minimum atomic E-state index is 0.293. The van der Waals surface area contributed by atoms with Crippen LogP contribution in [0.3, 0.4) is 0 Å². The molecule has 0 aliphatic carbocycles. The first-order chi connectivity index (χ1) is 6.12. The fraction of sp³-hybridized carbons (Fsp3) is 1.00. The van der Waals surface area contributed by atoms with Crippen LogP contribution in [-0.2, 0) is 0 Å². The molecule has 0 amide bonds. The smallest absolute Gasteiger partial charge is 0.0130 e. The molecule has 0 bridgehead atoms. The van der Waals surface area contributed by atoms with Crippen LogP contribution in [0, 0.1) is 5.41 Å². The minimum absolute atomic E-state index is 0.293. The summed E-state index contributed by atoms with van der Waals surface area (Å²) in [6.07, 6.45) is 5.24. The highest BCUT2D eigenvalue weighted by Gasteiger charge is 2.33. The third-order valence-electron chi connectivity index (χ3n) is 3.53. The van der Waals surface area contributed by atoms with E-state index in [2.05, 4.69) is 46.9 Å². The number of hydrogen-bond acceptors (Lipinski definition) is 1. The van der Waals surface area contributed by atoms with E-state index in [-0.39, 0.29) is 0 Å². The molecular formula is C13H27N. The Labute approximate surface area is 89.7 Å². The SMILES string of the molecule is CC1(C)CCC(C)(C)NC(C)(C)CC1. The second-order valence-electron chi connectivity index (χ2n) is 7.06. The van der Waals surface area contributed by atoms with Crippen molar-refractivity contribution >= 4 is 0 Å². The molecule has 1 aliphatic rings. The van der Waals surface area contributed by atoms with Gasteiger partial charge in [0.1, 0.15) is 0 Å². The van der Waals surface area contributed by atoms with Gasteiger partial charge in [0.15, 0.2) is 0 Å². The van der Waals surface area contributed by atoms with E-state index in [1.54, 1.807) is 0 Å². The van der Waals surface area contributed by atoms with Crippen molar-refractivity contribution in [3.63, 3.8) is 0 Å². The van der Waals surface area contributed by atoms with Crippen LogP contribution in [0.2, 0.25) is 0 Å². The fourth-order valence-corrected chi connectivity index (χ4v) is 2.47. The average Bonchev–Trinajstić information content (AvgIpc) is 1.96. The van der Waals surface area contributed by atoms with Crippen LogP contribution in [0.15, 0.2) is 0 Å². The summed E-state index contributed by atoms with van der Waals surface area (Å²) in [6, 6.07) is 0. The van der Waals surface area contributed by atoms with E-state index < -0.39 is 0 Å². The molecule has 1 fully saturated rings. The van der Waals surface area contributed by atoms with Crippen molar-refractivity contribution in [1.29, 1.82) is 0 Å². The molecule has 0 radical (unpaired) electrons. The maximum absolute atomic E-state index is 3.77. The Balaban J connectivity index is 2.75. The van der Waals surface area contributed by atoms with Gasteiger partial charge in [-0.1, -0.05) is 13.8 Å². The summed E-state index contributed by atoms with van der Waals surface area (Å²) in [6.45, 7) is 14.1. The summed E-state index contributed by atoms with van der Waals surface area (Å²) in [7, 11) is 0. The highest BCUT2D eigenvalue weighted by molar-refractivity contribution is 4.93. The van der Waals surface area contributed by atoms with Crippen LogP contribution < -0.4 is 5.32 Å². The zero-order chi connectivity index (χ0) is 11.0. The van der Waals surface area contributed by atoms with Gasteiger partial charge in [-0.15, -0.1) is 0 Å². The van der Waals surface area contributed by atoms with E-state index in [9.17, 15) is 0 Å². The predicted molar refractivity (Wildman–Crippen MR) is 63.5 cm³/mol. The van der Waals surface area contributed by atoms with Crippen molar-refractivity contribution < 1.29 is 0 Å². The van der Waals surface area contributed by atoms with Crippen LogP contribution in [0.5, 0.6) is 0 Å². The van der Waals surface area contributed by atoms with Gasteiger partial charge in [0.25, 0.3) is 0 Å². The lowest BCUT2D eigenvalue weighted by Crippen LogP contribution is -2.53. The van der Waals surface area contributed by atoms with E-state index in [0.29, 0.717) is 16.5 Å². The molecule has 0 saturated carbocycles. The lowest BCUT2D eigenvalue weighted by molar-refractivity contribution is 0.146. The summed E-state index contributed by atoms with van der Waals surface area (Å²) in [5, 5.41) is 3.77. The quantitative estimate of drug-likeness (QED) is 0.624. The maximum Gasteiger partial charge on any atom is 0.0130 e. The zero-order valence-corrected chi connectivity index (χ0v) is 10.8. The summed E-state index contributed by atoms with van der Waals surface area (Å²) >= 11 is 0. The second kappa shape index (κ2) is 3.52. The van der Waals surface area contributed by atoms with Crippen LogP contribution in [0.1, 0.15) is 67.2 Å². The van der Waals surface area contributed by atoms with Gasteiger partial charge < -0.3 is 5.32 Å². The lowest BCUT2D eigenvalue weighted by atomic mass is 9.74. The summed E-state index contributed by atoms with van der Waals surface area (Å²) in [5.41, 5.74) is 1.11. The first-order valence-corrected chi connectivity index (χ1v) is 5.91. The molecule has 0 spiro atoms. The molecule has 0 aromatic rings. The Morgan fingerprint density at radius 3 is 1.36 bits per heavy atom. The van der Waals surface area contributed by atoms with Gasteiger partial charge in [0, 0.05) is 11.1 Å². The largest absolute Gasteiger partial charge is 0.307 e. The van der Waals surface area contributed by atoms with Crippen molar-refractivity contribution in [2.24, 2.45) is 5.41 Å². The molecule has 0 aromatic carbocycles. The van der Waals surface area contributed by atoms with Crippen molar-refractivity contribution in [3.8, 4) is 0 Å². The van der Waals surface area contributed by atoms with Crippen LogP contribution in [-0.4, -0.2) is 11.1 Å². The van der Waals surface area contributed by atoms with Gasteiger partial charge in [-0.2, -0.15) is 0 Å². The molecule has 1 nitrogen and oxygen atoms in total. The average molecular weight is 197 g/mol. The van der Waals surface area contributed by atoms with Crippen LogP contribution in [0.4, 0.5) is 0 Å². The lowest BCUT2D eigenvalue weighted by Gasteiger charge is -2.43. The van der Waals surface area contributed by atoms with E-state index in [1.165, 1.54) is 25.7 Å². The Kier molecular flexibility index (Phi) is 3.02. The number of hydrogen-bond donors (Lipinski definition) is 1. The molecule has 1 aliphatic heterocycles. The van der Waals surface area contributed by atoms with Crippen molar-refractivity contribution in [2.75, 3.05) is 0 Å². The predicted octanol–water partition coefficient (Wildman–Crippen LogP) is 3.73. The standard InChI is InChI=1S/C13H27N/c1-11(2)7-9-12(3,4)14-13(5,6)10-8-11/h14H,7-10H2,1-6H3. The molecule has 0 unspecified atom stereocenters. The van der Waals surface area contributed by atoms with Crippen molar-refractivity contribution in [3.05, 3.63) is 0 Å². The van der Waals surface area contributed by atoms with Gasteiger partial charge in [-0.05, 0) is 58.8 Å². The Bertz CT molecular complexity index is 181. The normalized spacial score (nSPS) is 30.4. The second-order valence-corrected chi connectivity index (χ2v) is 7.06. The molecule has 1 saturated heterocycles. The number of rotatable bonds is 0. The topological polar surface area (TPSA) is 12.0 Å². The molecule has 14 heavy (non-hydrogen) atoms. The highest BCUT2D eigenvalue weighted by Crippen LogP contribution is 2.36. The molecule has 1 N–H and O–H groups in total. The first-order valence-electron chi connectivity index (χ1n) is 5.91. The molecule has 84 valence electrons. The fourth-order valence-electron chi connectivity index (χ4n) is 2.47.